The predicted molar refractivity (Wildman–Crippen MR) is 186 cm³/mol. The van der Waals surface area contributed by atoms with Crippen molar-refractivity contribution in [3.63, 3.8) is 0 Å². The number of fused-ring (bicyclic) bond motifs is 3. The molecule has 0 unspecified atom stereocenters. The number of hydrogen-bond acceptors (Lipinski definition) is 13. The van der Waals surface area contributed by atoms with Crippen LogP contribution in [0.2, 0.25) is 0 Å². The van der Waals surface area contributed by atoms with Gasteiger partial charge in [-0.25, -0.2) is 9.59 Å². The summed E-state index contributed by atoms with van der Waals surface area (Å²) in [7, 11) is 0. The number of hydrogen-bond donors (Lipinski definition) is 2. The molecule has 0 radical (unpaired) electrons. The smallest absolute Gasteiger partial charge is 0.407 e. The van der Waals surface area contributed by atoms with E-state index < -0.39 is 23.8 Å². The lowest BCUT2D eigenvalue weighted by molar-refractivity contribution is -0.151. The number of carboxylic acids is 1. The number of ketones is 1. The van der Waals surface area contributed by atoms with Gasteiger partial charge in [-0.1, -0.05) is 48.5 Å². The van der Waals surface area contributed by atoms with Crippen LogP contribution >= 0.6 is 0 Å². The first-order chi connectivity index (χ1) is 25.5. The van der Waals surface area contributed by atoms with Crippen molar-refractivity contribution in [2.45, 2.75) is 25.2 Å². The fourth-order valence-electron chi connectivity index (χ4n) is 5.04. The Morgan fingerprint density at radius 2 is 0.962 bits per heavy atom. The fraction of sp³-hybridized carbons (Fsp3) is 0.568. The van der Waals surface area contributed by atoms with E-state index in [2.05, 4.69) is 29.6 Å². The van der Waals surface area contributed by atoms with Gasteiger partial charge >= 0.3 is 18.0 Å². The summed E-state index contributed by atoms with van der Waals surface area (Å²) < 4.78 is 48.4. The average molecular weight is 734 g/mol. The first kappa shape index (κ1) is 42.5. The monoisotopic (exact) mass is 733 g/mol. The lowest BCUT2D eigenvalue weighted by Gasteiger charge is -2.14. The number of rotatable bonds is 31. The van der Waals surface area contributed by atoms with Gasteiger partial charge in [-0.15, -0.1) is 0 Å². The van der Waals surface area contributed by atoms with E-state index in [1.54, 1.807) is 0 Å². The molecule has 2 aromatic carbocycles. The van der Waals surface area contributed by atoms with Gasteiger partial charge in [0.05, 0.1) is 92.3 Å². The Bertz CT molecular complexity index is 1290. The Kier molecular flexibility index (Phi) is 21.8. The maximum absolute atomic E-state index is 12.2. The van der Waals surface area contributed by atoms with Crippen molar-refractivity contribution in [2.75, 3.05) is 112 Å². The van der Waals surface area contributed by atoms with Crippen LogP contribution in [-0.4, -0.2) is 141 Å². The van der Waals surface area contributed by atoms with Crippen molar-refractivity contribution in [1.82, 2.24) is 5.32 Å². The normalized spacial score (nSPS) is 11.9. The second kappa shape index (κ2) is 26.8. The highest BCUT2D eigenvalue weighted by Crippen LogP contribution is 2.44. The summed E-state index contributed by atoms with van der Waals surface area (Å²) in [5.41, 5.74) is 4.76. The molecule has 1 aliphatic rings. The molecule has 0 atom stereocenters. The Labute approximate surface area is 304 Å². The fourth-order valence-corrected chi connectivity index (χ4v) is 5.04. The number of ether oxygens (including phenoxy) is 9. The van der Waals surface area contributed by atoms with Gasteiger partial charge in [0.1, 0.15) is 13.2 Å². The lowest BCUT2D eigenvalue weighted by atomic mass is 9.98. The zero-order valence-electron chi connectivity index (χ0n) is 29.6. The van der Waals surface area contributed by atoms with Crippen molar-refractivity contribution < 1.29 is 66.9 Å². The summed E-state index contributed by atoms with van der Waals surface area (Å²) >= 11 is 0. The molecule has 0 fully saturated rings. The van der Waals surface area contributed by atoms with Gasteiger partial charge in [-0.2, -0.15) is 0 Å². The van der Waals surface area contributed by atoms with E-state index in [4.69, 9.17) is 47.7 Å². The third kappa shape index (κ3) is 17.5. The molecule has 0 aromatic heterocycles. The highest BCUT2D eigenvalue weighted by molar-refractivity contribution is 6.32. The average Bonchev–Trinajstić information content (AvgIpc) is 3.47. The third-order valence-corrected chi connectivity index (χ3v) is 7.60. The summed E-state index contributed by atoms with van der Waals surface area (Å²) in [4.78, 5) is 44.9. The molecule has 2 aromatic rings. The zero-order chi connectivity index (χ0) is 37.1. The molecule has 288 valence electrons. The van der Waals surface area contributed by atoms with Gasteiger partial charge in [-0.05, 0) is 28.7 Å². The van der Waals surface area contributed by atoms with E-state index in [1.165, 1.54) is 22.3 Å². The minimum atomic E-state index is -1.57. The van der Waals surface area contributed by atoms with E-state index in [9.17, 15) is 19.2 Å². The number of amides is 1. The summed E-state index contributed by atoms with van der Waals surface area (Å²) in [6, 6.07) is 16.5. The van der Waals surface area contributed by atoms with Crippen LogP contribution in [-0.2, 0) is 57.0 Å². The van der Waals surface area contributed by atoms with Crippen LogP contribution < -0.4 is 5.32 Å². The molecular formula is C37H51NO14. The second-order valence-corrected chi connectivity index (χ2v) is 11.3. The molecule has 0 aliphatic heterocycles. The standard InChI is InChI=1S/C37H51NO14/c39-34(36(41)42)10-11-35(40)51-27-26-50-25-24-49-23-22-48-21-20-47-19-18-46-17-16-45-15-14-44-13-5-12-38-37(43)52-28-33-31-8-3-1-6-29(31)30-7-2-4-9-32(30)33/h1-4,6-9,33H,5,10-28H2,(H,38,43)(H,41,42). The molecule has 0 heterocycles. The molecule has 0 bridgehead atoms. The SMILES string of the molecule is O=C(CCC(=O)C(=O)O)OCCOCCOCCOCCOCCOCCOCCOCCCNC(=O)OCC1c2ccccc2-c2ccccc21. The summed E-state index contributed by atoms with van der Waals surface area (Å²) in [6.45, 7) is 6.45. The Balaban J connectivity index is 0.980. The summed E-state index contributed by atoms with van der Waals surface area (Å²) in [6.07, 6.45) is -0.432. The number of Topliss-reactive ketones (excluding diaryl/α,β-unsaturated/α-hetero) is 1. The largest absolute Gasteiger partial charge is 0.476 e. The summed E-state index contributed by atoms with van der Waals surface area (Å²) in [5, 5.41) is 11.2. The number of nitrogens with one attached hydrogen (secondary N) is 1. The number of alkyl carbamates (subject to hydrolysis) is 1. The van der Waals surface area contributed by atoms with Crippen LogP contribution in [0.4, 0.5) is 4.79 Å². The third-order valence-electron chi connectivity index (χ3n) is 7.60. The molecule has 3 rings (SSSR count). The number of carbonyl (C=O) groups excluding carboxylic acids is 3. The molecule has 15 heteroatoms. The van der Waals surface area contributed by atoms with Gasteiger partial charge < -0.3 is 53.1 Å². The highest BCUT2D eigenvalue weighted by Gasteiger charge is 2.29. The molecule has 2 N–H and O–H groups in total. The van der Waals surface area contributed by atoms with Gasteiger partial charge in [0.15, 0.2) is 0 Å². The Hall–Kier alpha value is -3.96. The minimum Gasteiger partial charge on any atom is -0.476 e. The van der Waals surface area contributed by atoms with Crippen molar-refractivity contribution in [3.05, 3.63) is 59.7 Å². The Morgan fingerprint density at radius 1 is 0.538 bits per heavy atom. The lowest BCUT2D eigenvalue weighted by Crippen LogP contribution is -2.27. The number of carbonyl (C=O) groups is 4. The molecule has 1 aliphatic carbocycles. The van der Waals surface area contributed by atoms with E-state index in [0.29, 0.717) is 105 Å². The van der Waals surface area contributed by atoms with Gasteiger partial charge in [0.2, 0.25) is 5.78 Å². The molecule has 0 spiro atoms. The highest BCUT2D eigenvalue weighted by atomic mass is 16.6. The first-order valence-electron chi connectivity index (χ1n) is 17.5. The number of aliphatic carboxylic acids is 1. The Morgan fingerprint density at radius 3 is 1.42 bits per heavy atom. The van der Waals surface area contributed by atoms with E-state index in [-0.39, 0.29) is 32.0 Å². The van der Waals surface area contributed by atoms with Gasteiger partial charge in [0, 0.05) is 25.5 Å². The minimum absolute atomic E-state index is 0.00869. The van der Waals surface area contributed by atoms with Crippen molar-refractivity contribution >= 4 is 23.8 Å². The van der Waals surface area contributed by atoms with Crippen LogP contribution in [0.15, 0.2) is 48.5 Å². The molecule has 0 saturated heterocycles. The number of carboxylic acid groups (broad SMARTS) is 1. The molecule has 0 saturated carbocycles. The van der Waals surface area contributed by atoms with E-state index in [1.807, 2.05) is 24.3 Å². The quantitative estimate of drug-likeness (QED) is 0.0655. The van der Waals surface area contributed by atoms with Crippen LogP contribution in [0, 0.1) is 0 Å². The van der Waals surface area contributed by atoms with Crippen LogP contribution in [0.25, 0.3) is 11.1 Å². The molecule has 1 amide bonds. The predicted octanol–water partition coefficient (Wildman–Crippen LogP) is 3.01. The van der Waals surface area contributed by atoms with E-state index in [0.717, 1.165) is 0 Å². The topological polar surface area (TPSA) is 184 Å². The molecular weight excluding hydrogens is 682 g/mol. The van der Waals surface area contributed by atoms with Crippen molar-refractivity contribution in [1.29, 1.82) is 0 Å². The maximum atomic E-state index is 12.2. The summed E-state index contributed by atoms with van der Waals surface area (Å²) in [5.74, 6) is -3.21. The maximum Gasteiger partial charge on any atom is 0.407 e. The van der Waals surface area contributed by atoms with E-state index >= 15 is 0 Å². The number of esters is 1. The van der Waals surface area contributed by atoms with Crippen molar-refractivity contribution in [2.24, 2.45) is 0 Å². The second-order valence-electron chi connectivity index (χ2n) is 11.3. The van der Waals surface area contributed by atoms with Crippen LogP contribution in [0.5, 0.6) is 0 Å². The molecule has 52 heavy (non-hydrogen) atoms. The molecule has 15 nitrogen and oxygen atoms in total. The first-order valence-corrected chi connectivity index (χ1v) is 17.5. The van der Waals surface area contributed by atoms with Crippen LogP contribution in [0.1, 0.15) is 36.3 Å². The van der Waals surface area contributed by atoms with Gasteiger partial charge in [-0.3, -0.25) is 9.59 Å². The van der Waals surface area contributed by atoms with Gasteiger partial charge in [0.25, 0.3) is 0 Å². The van der Waals surface area contributed by atoms with Crippen LogP contribution in [0.3, 0.4) is 0 Å². The number of benzene rings is 2. The van der Waals surface area contributed by atoms with Crippen molar-refractivity contribution in [3.8, 4) is 11.1 Å². The zero-order valence-corrected chi connectivity index (χ0v) is 29.6.